The van der Waals surface area contributed by atoms with E-state index in [1.807, 2.05) is 18.2 Å². The molecule has 0 bridgehead atoms. The number of hydrogen-bond acceptors (Lipinski definition) is 12. The van der Waals surface area contributed by atoms with Crippen molar-refractivity contribution in [1.82, 2.24) is 20.0 Å². The molecule has 306 valence electrons. The number of piperazine rings is 1. The molecule has 14 heteroatoms. The van der Waals surface area contributed by atoms with E-state index in [0.717, 1.165) is 106 Å². The van der Waals surface area contributed by atoms with Crippen LogP contribution in [0.1, 0.15) is 58.4 Å². The maximum absolute atomic E-state index is 13.4. The van der Waals surface area contributed by atoms with Gasteiger partial charge in [-0.15, -0.1) is 0 Å². The van der Waals surface area contributed by atoms with Crippen LogP contribution in [0.3, 0.4) is 0 Å². The fourth-order valence-corrected chi connectivity index (χ4v) is 9.32. The molecule has 0 saturated carbocycles. The molecule has 1 atom stereocenters. The molecule has 2 N–H and O–H groups in total. The van der Waals surface area contributed by atoms with E-state index in [-0.39, 0.29) is 29.4 Å². The first-order valence-electron chi connectivity index (χ1n) is 20.5. The van der Waals surface area contributed by atoms with Crippen molar-refractivity contribution in [2.24, 2.45) is 5.92 Å². The number of phenols is 1. The van der Waals surface area contributed by atoms with Gasteiger partial charge in [0.05, 0.1) is 23.8 Å². The van der Waals surface area contributed by atoms with Crippen LogP contribution in [0.4, 0.5) is 11.4 Å². The van der Waals surface area contributed by atoms with Crippen LogP contribution in [-0.2, 0) is 9.59 Å². The lowest BCUT2D eigenvalue weighted by molar-refractivity contribution is -0.136. The van der Waals surface area contributed by atoms with E-state index in [2.05, 4.69) is 50.2 Å². The van der Waals surface area contributed by atoms with Gasteiger partial charge in [0.15, 0.2) is 11.0 Å². The number of nitrogens with zero attached hydrogens (tertiary/aromatic N) is 5. The molecule has 3 fully saturated rings. The second-order valence-electron chi connectivity index (χ2n) is 16.3. The van der Waals surface area contributed by atoms with Crippen molar-refractivity contribution in [2.45, 2.75) is 38.1 Å². The van der Waals surface area contributed by atoms with Crippen LogP contribution < -0.4 is 25.3 Å². The molecule has 5 aliphatic rings. The second-order valence-corrected chi connectivity index (χ2v) is 16.3. The van der Waals surface area contributed by atoms with Crippen molar-refractivity contribution in [1.29, 1.82) is 0 Å². The summed E-state index contributed by atoms with van der Waals surface area (Å²) in [4.78, 5) is 74.4. The van der Waals surface area contributed by atoms with Gasteiger partial charge in [0.25, 0.3) is 11.8 Å². The average molecular weight is 801 g/mol. The van der Waals surface area contributed by atoms with Gasteiger partial charge in [0, 0.05) is 94.4 Å². The summed E-state index contributed by atoms with van der Waals surface area (Å²) in [5.41, 5.74) is 5.15. The third-order valence-electron chi connectivity index (χ3n) is 12.7. The van der Waals surface area contributed by atoms with E-state index in [0.29, 0.717) is 39.7 Å². The Morgan fingerprint density at radius 1 is 0.797 bits per heavy atom. The molecule has 59 heavy (non-hydrogen) atoms. The minimum atomic E-state index is -0.974. The highest BCUT2D eigenvalue weighted by molar-refractivity contribution is 6.23. The summed E-state index contributed by atoms with van der Waals surface area (Å²) in [5, 5.41) is 13.2. The Hall–Kier alpha value is -5.99. The predicted octanol–water partition coefficient (Wildman–Crippen LogP) is 4.33. The normalized spacial score (nSPS) is 20.9. The zero-order chi connectivity index (χ0) is 40.9. The number of piperidine rings is 2. The molecule has 3 aromatic carbocycles. The average Bonchev–Trinajstić information content (AvgIpc) is 3.49. The summed E-state index contributed by atoms with van der Waals surface area (Å²) in [6.45, 7) is 8.04. The molecule has 14 nitrogen and oxygen atoms in total. The zero-order valence-electron chi connectivity index (χ0n) is 33.4. The number of carbonyl (C=O) groups excluding carboxylic acids is 4. The largest absolute Gasteiger partial charge is 0.507 e. The lowest BCUT2D eigenvalue weighted by Crippen LogP contribution is -2.54. The first-order chi connectivity index (χ1) is 28.6. The Morgan fingerprint density at radius 3 is 2.20 bits per heavy atom. The molecule has 4 aromatic rings. The molecule has 0 aliphatic carbocycles. The number of benzene rings is 3. The monoisotopic (exact) mass is 800 g/mol. The fourth-order valence-electron chi connectivity index (χ4n) is 9.32. The van der Waals surface area contributed by atoms with E-state index < -0.39 is 29.7 Å². The van der Waals surface area contributed by atoms with Crippen LogP contribution in [0.5, 0.6) is 11.5 Å². The highest BCUT2D eigenvalue weighted by Crippen LogP contribution is 2.41. The summed E-state index contributed by atoms with van der Waals surface area (Å²) in [7, 11) is 3.62. The smallest absolute Gasteiger partial charge is 0.262 e. The zero-order valence-corrected chi connectivity index (χ0v) is 33.4. The van der Waals surface area contributed by atoms with Gasteiger partial charge < -0.3 is 29.0 Å². The number of aromatic hydroxyl groups is 1. The van der Waals surface area contributed by atoms with E-state index in [4.69, 9.17) is 9.15 Å². The molecule has 9 rings (SSSR count). The van der Waals surface area contributed by atoms with E-state index >= 15 is 0 Å². The van der Waals surface area contributed by atoms with Crippen molar-refractivity contribution < 1.29 is 33.4 Å². The van der Waals surface area contributed by atoms with Gasteiger partial charge in [-0.25, -0.2) is 0 Å². The van der Waals surface area contributed by atoms with Gasteiger partial charge >= 0.3 is 0 Å². The van der Waals surface area contributed by atoms with E-state index in [1.54, 1.807) is 19.2 Å². The predicted molar refractivity (Wildman–Crippen MR) is 223 cm³/mol. The number of amides is 4. The van der Waals surface area contributed by atoms with Gasteiger partial charge in [-0.05, 0) is 86.7 Å². The van der Waals surface area contributed by atoms with Crippen LogP contribution in [0.15, 0.2) is 69.9 Å². The Labute approximate surface area is 341 Å². The topological polar surface area (TPSA) is 156 Å². The molecular weight excluding hydrogens is 753 g/mol. The van der Waals surface area contributed by atoms with E-state index in [9.17, 15) is 29.1 Å². The standard InChI is InChI=1S/C45H48N6O8/c1-47-15-13-29(14-16-47)40-38(58-2)25-36(53)41-35(52)24-37(59-42(40)41)28-3-5-30(6-4-28)50-21-19-48(20-22-50)26-27-11-17-49(18-12-27)31-7-8-32-33(23-31)45(57)51(44(32)56)34-9-10-39(54)46-43(34)55/h3-8,13,23-25,27,34,53H,9-12,14-22,26H2,1-2H3,(H,46,54,55). The van der Waals surface area contributed by atoms with Crippen molar-refractivity contribution >= 4 is 51.5 Å². The number of ether oxygens (including phenoxy) is 1. The first-order valence-corrected chi connectivity index (χ1v) is 20.5. The number of anilines is 2. The summed E-state index contributed by atoms with van der Waals surface area (Å²) in [5.74, 6) is -0.677. The van der Waals surface area contributed by atoms with Gasteiger partial charge in [0.1, 0.15) is 28.7 Å². The molecule has 4 amide bonds. The minimum Gasteiger partial charge on any atom is -0.507 e. The first kappa shape index (κ1) is 38.5. The molecule has 5 aliphatic heterocycles. The minimum absolute atomic E-state index is 0.0907. The summed E-state index contributed by atoms with van der Waals surface area (Å²) in [6.07, 6.45) is 5.15. The van der Waals surface area contributed by atoms with Gasteiger partial charge in [-0.3, -0.25) is 39.1 Å². The fraction of sp³-hybridized carbons (Fsp3) is 0.400. The third-order valence-corrected chi connectivity index (χ3v) is 12.7. The van der Waals surface area contributed by atoms with Gasteiger partial charge in [-0.2, -0.15) is 0 Å². The Morgan fingerprint density at radius 2 is 1.51 bits per heavy atom. The van der Waals surface area contributed by atoms with Crippen LogP contribution in [0, 0.1) is 5.92 Å². The molecule has 0 radical (unpaired) electrons. The van der Waals surface area contributed by atoms with Crippen molar-refractivity contribution in [3.05, 3.63) is 87.6 Å². The molecule has 1 unspecified atom stereocenters. The van der Waals surface area contributed by atoms with Gasteiger partial charge in [-0.1, -0.05) is 6.08 Å². The number of hydrogen-bond donors (Lipinski definition) is 2. The lowest BCUT2D eigenvalue weighted by atomic mass is 9.95. The number of fused-ring (bicyclic) bond motifs is 2. The highest BCUT2D eigenvalue weighted by atomic mass is 16.5. The number of phenolic OH excluding ortho intramolecular Hbond substituents is 1. The Kier molecular flexibility index (Phi) is 10.2. The van der Waals surface area contributed by atoms with Crippen LogP contribution in [-0.4, -0.2) is 123 Å². The summed E-state index contributed by atoms with van der Waals surface area (Å²) < 4.78 is 12.1. The summed E-state index contributed by atoms with van der Waals surface area (Å²) in [6, 6.07) is 15.4. The quantitative estimate of drug-likeness (QED) is 0.244. The van der Waals surface area contributed by atoms with Crippen LogP contribution in [0.2, 0.25) is 0 Å². The molecule has 0 spiro atoms. The Balaban J connectivity index is 0.803. The number of likely N-dealkylation sites (N-methyl/N-ethyl adjacent to an activating group) is 1. The summed E-state index contributed by atoms with van der Waals surface area (Å²) >= 11 is 0. The second kappa shape index (κ2) is 15.6. The molecule has 1 aromatic heterocycles. The molecule has 3 saturated heterocycles. The van der Waals surface area contributed by atoms with Crippen LogP contribution >= 0.6 is 0 Å². The van der Waals surface area contributed by atoms with Crippen molar-refractivity contribution in [3.8, 4) is 22.8 Å². The molecule has 6 heterocycles. The van der Waals surface area contributed by atoms with Crippen molar-refractivity contribution in [3.63, 3.8) is 0 Å². The maximum atomic E-state index is 13.4. The third kappa shape index (κ3) is 7.24. The number of nitrogens with one attached hydrogen (secondary N) is 1. The molecular formula is C45H48N6O8. The SMILES string of the molecule is COc1cc(O)c2c(=O)cc(-c3ccc(N4CCN(CC5CCN(c6ccc7c(c6)C(=O)N(C6CCC(=O)NC6=O)C7=O)CC5)CC4)cc3)oc2c1C1=CCN(C)CC1. The number of rotatable bonds is 8. The Bertz CT molecular complexity index is 2450. The lowest BCUT2D eigenvalue weighted by Gasteiger charge is -2.40. The number of imide groups is 2. The van der Waals surface area contributed by atoms with Crippen LogP contribution in [0.25, 0.3) is 27.9 Å². The number of carbonyl (C=O) groups is 4. The highest BCUT2D eigenvalue weighted by Gasteiger charge is 2.45. The maximum Gasteiger partial charge on any atom is 0.262 e. The van der Waals surface area contributed by atoms with E-state index in [1.165, 1.54) is 12.1 Å². The van der Waals surface area contributed by atoms with Gasteiger partial charge in [0.2, 0.25) is 11.8 Å². The van der Waals surface area contributed by atoms with Crippen molar-refractivity contribution in [2.75, 3.05) is 82.9 Å². The number of methoxy groups -OCH3 is 1.